The molecule has 0 aliphatic heterocycles. The molecule has 0 saturated carbocycles. The normalized spacial score (nSPS) is 10.6. The van der Waals surface area contributed by atoms with Gasteiger partial charge in [-0.3, -0.25) is 9.48 Å². The number of rotatable bonds is 7. The fourth-order valence-corrected chi connectivity index (χ4v) is 3.18. The zero-order chi connectivity index (χ0) is 19.2. The van der Waals surface area contributed by atoms with Crippen molar-refractivity contribution in [1.29, 1.82) is 0 Å². The van der Waals surface area contributed by atoms with E-state index in [-0.39, 0.29) is 5.91 Å². The third kappa shape index (κ3) is 4.90. The molecule has 2 aromatic carbocycles. The summed E-state index contributed by atoms with van der Waals surface area (Å²) in [6.07, 6.45) is 1.59. The van der Waals surface area contributed by atoms with Crippen molar-refractivity contribution in [2.45, 2.75) is 26.6 Å². The molecule has 1 heterocycles. The predicted octanol–water partition coefficient (Wildman–Crippen LogP) is 4.83. The molecule has 0 bridgehead atoms. The molecule has 0 aliphatic rings. The van der Waals surface area contributed by atoms with Crippen LogP contribution in [0.2, 0.25) is 5.02 Å². The van der Waals surface area contributed by atoms with Gasteiger partial charge in [0.25, 0.3) is 5.91 Å². The maximum absolute atomic E-state index is 12.4. The summed E-state index contributed by atoms with van der Waals surface area (Å²) in [6, 6.07) is 15.0. The van der Waals surface area contributed by atoms with E-state index in [1.165, 1.54) is 0 Å². The number of para-hydroxylation sites is 1. The molecule has 0 fully saturated rings. The van der Waals surface area contributed by atoms with E-state index in [2.05, 4.69) is 26.3 Å². The Bertz CT molecular complexity index is 925. The van der Waals surface area contributed by atoms with Crippen LogP contribution >= 0.6 is 27.5 Å². The average Bonchev–Trinajstić information content (AvgIpc) is 3.05. The molecule has 3 rings (SSSR count). The smallest absolute Gasteiger partial charge is 0.251 e. The van der Waals surface area contributed by atoms with Gasteiger partial charge in [0.15, 0.2) is 0 Å². The van der Waals surface area contributed by atoms with Crippen molar-refractivity contribution in [3.8, 4) is 5.75 Å². The van der Waals surface area contributed by atoms with Crippen LogP contribution in [0, 0.1) is 0 Å². The third-order valence-electron chi connectivity index (χ3n) is 4.06. The number of nitrogens with one attached hydrogen (secondary N) is 1. The lowest BCUT2D eigenvalue weighted by Crippen LogP contribution is -2.24. The Morgan fingerprint density at radius 3 is 2.67 bits per heavy atom. The van der Waals surface area contributed by atoms with E-state index < -0.39 is 0 Å². The molecule has 5 nitrogen and oxygen atoms in total. The van der Waals surface area contributed by atoms with E-state index in [0.717, 1.165) is 21.5 Å². The van der Waals surface area contributed by atoms with Crippen molar-refractivity contribution in [2.75, 3.05) is 0 Å². The number of aromatic nitrogens is 2. The lowest BCUT2D eigenvalue weighted by molar-refractivity contribution is 0.0950. The van der Waals surface area contributed by atoms with Crippen LogP contribution in [0.25, 0.3) is 0 Å². The van der Waals surface area contributed by atoms with Crippen molar-refractivity contribution in [2.24, 2.45) is 0 Å². The standard InChI is InChI=1S/C20H19BrClN3O2/c1-2-25-18(17(22)11-24-25)12-23-20(26)15-9-7-14(8-10-15)13-27-19-6-4-3-5-16(19)21/h3-11H,2,12-13H2,1H3,(H,23,26). The van der Waals surface area contributed by atoms with Crippen LogP contribution in [0.5, 0.6) is 5.75 Å². The van der Waals surface area contributed by atoms with Gasteiger partial charge in [-0.25, -0.2) is 0 Å². The molecule has 140 valence electrons. The van der Waals surface area contributed by atoms with Crippen molar-refractivity contribution in [1.82, 2.24) is 15.1 Å². The number of ether oxygens (including phenoxy) is 1. The maximum Gasteiger partial charge on any atom is 0.251 e. The fourth-order valence-electron chi connectivity index (χ4n) is 2.58. The first-order chi connectivity index (χ1) is 13.1. The number of hydrogen-bond acceptors (Lipinski definition) is 3. The van der Waals surface area contributed by atoms with Crippen molar-refractivity contribution < 1.29 is 9.53 Å². The van der Waals surface area contributed by atoms with Gasteiger partial charge in [-0.2, -0.15) is 5.10 Å². The van der Waals surface area contributed by atoms with Gasteiger partial charge in [0.1, 0.15) is 12.4 Å². The first-order valence-corrected chi connectivity index (χ1v) is 9.70. The van der Waals surface area contributed by atoms with Gasteiger partial charge in [0, 0.05) is 12.1 Å². The SMILES string of the molecule is CCn1ncc(Cl)c1CNC(=O)c1ccc(COc2ccccc2Br)cc1. The Hall–Kier alpha value is -2.31. The third-order valence-corrected chi connectivity index (χ3v) is 5.03. The summed E-state index contributed by atoms with van der Waals surface area (Å²) in [4.78, 5) is 12.4. The summed E-state index contributed by atoms with van der Waals surface area (Å²) < 4.78 is 8.46. The van der Waals surface area contributed by atoms with Crippen LogP contribution < -0.4 is 10.1 Å². The molecule has 0 saturated heterocycles. The second-order valence-electron chi connectivity index (χ2n) is 5.85. The van der Waals surface area contributed by atoms with E-state index in [1.54, 1.807) is 23.0 Å². The van der Waals surface area contributed by atoms with E-state index in [9.17, 15) is 4.79 Å². The fraction of sp³-hybridized carbons (Fsp3) is 0.200. The summed E-state index contributed by atoms with van der Waals surface area (Å²) in [5.41, 5.74) is 2.36. The van der Waals surface area contributed by atoms with Crippen LogP contribution in [0.1, 0.15) is 28.5 Å². The molecule has 0 spiro atoms. The van der Waals surface area contributed by atoms with E-state index in [4.69, 9.17) is 16.3 Å². The molecule has 1 aromatic heterocycles. The highest BCUT2D eigenvalue weighted by molar-refractivity contribution is 9.10. The summed E-state index contributed by atoms with van der Waals surface area (Å²) in [6.45, 7) is 3.43. The van der Waals surface area contributed by atoms with Crippen LogP contribution in [0.15, 0.2) is 59.2 Å². The largest absolute Gasteiger partial charge is 0.488 e. The molecular weight excluding hydrogens is 430 g/mol. The Morgan fingerprint density at radius 2 is 1.96 bits per heavy atom. The number of nitrogens with zero attached hydrogens (tertiary/aromatic N) is 2. The van der Waals surface area contributed by atoms with Gasteiger partial charge in [-0.15, -0.1) is 0 Å². The minimum atomic E-state index is -0.159. The van der Waals surface area contributed by atoms with Crippen LogP contribution in [0.3, 0.4) is 0 Å². The second kappa shape index (κ2) is 9.06. The number of carbonyl (C=O) groups is 1. The van der Waals surface area contributed by atoms with Crippen LogP contribution in [-0.2, 0) is 19.7 Å². The van der Waals surface area contributed by atoms with Gasteiger partial charge >= 0.3 is 0 Å². The molecule has 3 aromatic rings. The van der Waals surface area contributed by atoms with Gasteiger partial charge in [0.05, 0.1) is 27.9 Å². The van der Waals surface area contributed by atoms with Gasteiger partial charge in [-0.1, -0.05) is 35.9 Å². The highest BCUT2D eigenvalue weighted by Crippen LogP contribution is 2.24. The molecule has 0 atom stereocenters. The van der Waals surface area contributed by atoms with E-state index in [1.807, 2.05) is 43.3 Å². The zero-order valence-corrected chi connectivity index (χ0v) is 17.1. The molecule has 1 amide bonds. The first kappa shape index (κ1) is 19.5. The monoisotopic (exact) mass is 447 g/mol. The Morgan fingerprint density at radius 1 is 1.22 bits per heavy atom. The summed E-state index contributed by atoms with van der Waals surface area (Å²) in [7, 11) is 0. The van der Waals surface area contributed by atoms with Crippen molar-refractivity contribution >= 4 is 33.4 Å². The summed E-state index contributed by atoms with van der Waals surface area (Å²) in [5, 5.41) is 7.60. The lowest BCUT2D eigenvalue weighted by atomic mass is 10.1. The first-order valence-electron chi connectivity index (χ1n) is 8.53. The minimum absolute atomic E-state index is 0.159. The number of halogens is 2. The molecule has 0 aliphatic carbocycles. The molecular formula is C20H19BrClN3O2. The molecule has 0 radical (unpaired) electrons. The predicted molar refractivity (Wildman–Crippen MR) is 109 cm³/mol. The lowest BCUT2D eigenvalue weighted by Gasteiger charge is -2.10. The molecule has 1 N–H and O–H groups in total. The number of aryl methyl sites for hydroxylation is 1. The van der Waals surface area contributed by atoms with Crippen molar-refractivity contribution in [3.63, 3.8) is 0 Å². The number of hydrogen-bond donors (Lipinski definition) is 1. The number of carbonyl (C=O) groups excluding carboxylic acids is 1. The zero-order valence-electron chi connectivity index (χ0n) is 14.8. The molecule has 27 heavy (non-hydrogen) atoms. The molecule has 7 heteroatoms. The molecule has 0 unspecified atom stereocenters. The highest BCUT2D eigenvalue weighted by Gasteiger charge is 2.11. The van der Waals surface area contributed by atoms with E-state index in [0.29, 0.717) is 30.3 Å². The Balaban J connectivity index is 1.57. The summed E-state index contributed by atoms with van der Waals surface area (Å²) >= 11 is 9.57. The summed E-state index contributed by atoms with van der Waals surface area (Å²) in [5.74, 6) is 0.622. The minimum Gasteiger partial charge on any atom is -0.488 e. The van der Waals surface area contributed by atoms with Gasteiger partial charge in [0.2, 0.25) is 0 Å². The van der Waals surface area contributed by atoms with Crippen LogP contribution in [-0.4, -0.2) is 15.7 Å². The number of amides is 1. The average molecular weight is 449 g/mol. The highest BCUT2D eigenvalue weighted by atomic mass is 79.9. The van der Waals surface area contributed by atoms with Crippen molar-refractivity contribution in [3.05, 3.63) is 81.0 Å². The second-order valence-corrected chi connectivity index (χ2v) is 7.12. The number of benzene rings is 2. The van der Waals surface area contributed by atoms with Gasteiger partial charge in [-0.05, 0) is 52.7 Å². The Kier molecular flexibility index (Phi) is 6.53. The van der Waals surface area contributed by atoms with Crippen LogP contribution in [0.4, 0.5) is 0 Å². The van der Waals surface area contributed by atoms with E-state index >= 15 is 0 Å². The van der Waals surface area contributed by atoms with Gasteiger partial charge < -0.3 is 10.1 Å². The Labute approximate surface area is 171 Å². The quantitative estimate of drug-likeness (QED) is 0.563. The maximum atomic E-state index is 12.4. The topological polar surface area (TPSA) is 56.2 Å².